The molecule has 0 bridgehead atoms. The molecule has 2 atom stereocenters. The molecule has 0 unspecified atom stereocenters. The van der Waals surface area contributed by atoms with Gasteiger partial charge in [0, 0.05) is 6.92 Å². The van der Waals surface area contributed by atoms with Crippen LogP contribution in [0.1, 0.15) is 62.3 Å². The molecule has 5 heterocycles. The van der Waals surface area contributed by atoms with Crippen molar-refractivity contribution in [1.82, 2.24) is 16.2 Å². The van der Waals surface area contributed by atoms with E-state index in [4.69, 9.17) is 19.4 Å². The number of carboxylic acid groups (broad SMARTS) is 1. The zero-order chi connectivity index (χ0) is 34.1. The molecule has 6 aliphatic rings. The normalized spacial score (nSPS) is 22.3. The highest BCUT2D eigenvalue weighted by atomic mass is 16.5. The van der Waals surface area contributed by atoms with Crippen LogP contribution in [0.25, 0.3) is 0 Å². The summed E-state index contributed by atoms with van der Waals surface area (Å²) in [6.45, 7) is 12.1. The Balaban J connectivity index is 0.000000151. The molecule has 1 saturated carbocycles. The molecule has 2 aromatic carbocycles. The van der Waals surface area contributed by atoms with E-state index in [1.54, 1.807) is 0 Å². The van der Waals surface area contributed by atoms with Crippen molar-refractivity contribution in [3.8, 4) is 11.5 Å². The lowest BCUT2D eigenvalue weighted by Crippen LogP contribution is -2.55. The highest BCUT2D eigenvalue weighted by Crippen LogP contribution is 2.40. The number of hydrazone groups is 2. The maximum Gasteiger partial charge on any atom is 0.300 e. The minimum atomic E-state index is -0.833. The fourth-order valence-electron chi connectivity index (χ4n) is 6.68. The van der Waals surface area contributed by atoms with Gasteiger partial charge in [-0.15, -0.1) is 0 Å². The quantitative estimate of drug-likeness (QED) is 0.387. The van der Waals surface area contributed by atoms with Gasteiger partial charge in [-0.1, -0.05) is 19.3 Å². The second kappa shape index (κ2) is 13.8. The first-order chi connectivity index (χ1) is 23.0. The number of carboxylic acids is 1. The lowest BCUT2D eigenvalue weighted by molar-refractivity contribution is -0.134. The van der Waals surface area contributed by atoms with Crippen molar-refractivity contribution < 1.29 is 29.0 Å². The first kappa shape index (κ1) is 33.3. The van der Waals surface area contributed by atoms with E-state index in [1.165, 1.54) is 41.5 Å². The van der Waals surface area contributed by atoms with Crippen molar-refractivity contribution in [1.29, 1.82) is 0 Å². The number of nitrogens with one attached hydrogen (secondary N) is 3. The van der Waals surface area contributed by atoms with Crippen LogP contribution >= 0.6 is 0 Å². The van der Waals surface area contributed by atoms with Gasteiger partial charge >= 0.3 is 0 Å². The third-order valence-electron chi connectivity index (χ3n) is 9.86. The van der Waals surface area contributed by atoms with Gasteiger partial charge in [0.1, 0.15) is 36.8 Å². The topological polar surface area (TPSA) is 157 Å². The van der Waals surface area contributed by atoms with E-state index in [2.05, 4.69) is 64.5 Å². The van der Waals surface area contributed by atoms with Gasteiger partial charge in [-0.25, -0.2) is 10.9 Å². The molecule has 2 aromatic rings. The predicted octanol–water partition coefficient (Wildman–Crippen LogP) is 3.25. The summed E-state index contributed by atoms with van der Waals surface area (Å²) in [5.74, 6) is 3.77. The average molecular weight is 660 g/mol. The number of nitrogens with zero attached hydrogens (tertiary/aromatic N) is 4. The Kier molecular flexibility index (Phi) is 9.58. The molecular formula is C35H45N7O6. The number of ether oxygens (including phenoxy) is 2. The molecule has 13 nitrogen and oxygen atoms in total. The van der Waals surface area contributed by atoms with Crippen molar-refractivity contribution in [3.63, 3.8) is 0 Å². The molecule has 256 valence electrons. The summed E-state index contributed by atoms with van der Waals surface area (Å²) in [4.78, 5) is 36.9. The Hall–Kier alpha value is -4.65. The second-order valence-electron chi connectivity index (χ2n) is 13.4. The number of benzene rings is 2. The number of aliphatic carboxylic acids is 1. The van der Waals surface area contributed by atoms with Crippen LogP contribution in [0.5, 0.6) is 11.5 Å². The van der Waals surface area contributed by atoms with Crippen LogP contribution in [0.4, 0.5) is 11.4 Å². The van der Waals surface area contributed by atoms with Crippen LogP contribution in [0.3, 0.4) is 0 Å². The second-order valence-corrected chi connectivity index (χ2v) is 13.4. The third kappa shape index (κ3) is 6.82. The smallest absolute Gasteiger partial charge is 0.300 e. The van der Waals surface area contributed by atoms with Crippen molar-refractivity contribution >= 4 is 40.8 Å². The molecule has 0 spiro atoms. The zero-order valence-electron chi connectivity index (χ0n) is 28.3. The minimum Gasteiger partial charge on any atom is -0.483 e. The average Bonchev–Trinajstić information content (AvgIpc) is 3.00. The summed E-state index contributed by atoms with van der Waals surface area (Å²) in [7, 11) is 0. The van der Waals surface area contributed by atoms with Crippen molar-refractivity contribution in [2.45, 2.75) is 78.8 Å². The van der Waals surface area contributed by atoms with E-state index < -0.39 is 5.97 Å². The summed E-state index contributed by atoms with van der Waals surface area (Å²) < 4.78 is 11.7. The molecule has 4 N–H and O–H groups in total. The molecule has 48 heavy (non-hydrogen) atoms. The molecule has 2 amide bonds. The summed E-state index contributed by atoms with van der Waals surface area (Å²) in [5, 5.41) is 19.0. The zero-order valence-corrected chi connectivity index (χ0v) is 28.3. The van der Waals surface area contributed by atoms with Gasteiger partial charge in [-0.05, 0) is 112 Å². The Morgan fingerprint density at radius 3 is 1.62 bits per heavy atom. The number of carbonyl (C=O) groups is 3. The van der Waals surface area contributed by atoms with Crippen LogP contribution in [0.2, 0.25) is 0 Å². The standard InChI is InChI=1S/C17H21N3O2.C16H20N4O2.C2H4O2/c1-10-6-15-14(8-13(10)7-12-4-3-5-12)20-11(2)17(21)19-18-16(20)9-22-15;1-9-3-14-13(5-12(9)4-11-6-17-7-11)20-10(2)16(21)19-18-15(20)8-22-14;1-2(3)4/h6,8,11-12H,3-5,7,9H2,1-2H3,(H,19,21);3,5,10-11,17H,4,6-8H2,1-2H3,(H,19,21);1H3,(H,3,4)/t11-;10-;/m00./s1. The summed E-state index contributed by atoms with van der Waals surface area (Å²) >= 11 is 0. The van der Waals surface area contributed by atoms with E-state index in [0.29, 0.717) is 19.1 Å². The van der Waals surface area contributed by atoms with Crippen LogP contribution in [-0.2, 0) is 27.2 Å². The van der Waals surface area contributed by atoms with Crippen LogP contribution < -0.4 is 35.4 Å². The summed E-state index contributed by atoms with van der Waals surface area (Å²) in [5.41, 5.74) is 12.3. The SMILES string of the molecule is CC(=O)O.Cc1cc2c(cc1CC1CCC1)N1C(=NNC(=O)[C@@H]1C)CO2.Cc1cc2c(cc1CC1CNC1)N1C(=NNC(=O)[C@@H]1C)CO2. The van der Waals surface area contributed by atoms with E-state index in [9.17, 15) is 9.59 Å². The van der Waals surface area contributed by atoms with E-state index in [0.717, 1.165) is 73.3 Å². The van der Waals surface area contributed by atoms with Gasteiger partial charge < -0.3 is 29.7 Å². The van der Waals surface area contributed by atoms with Crippen LogP contribution in [-0.4, -0.2) is 72.9 Å². The molecule has 5 aliphatic heterocycles. The Labute approximate surface area is 280 Å². The van der Waals surface area contributed by atoms with Gasteiger partial charge in [0.15, 0.2) is 11.7 Å². The first-order valence-corrected chi connectivity index (χ1v) is 16.7. The fraction of sp³-hybridized carbons (Fsp3) is 0.514. The van der Waals surface area contributed by atoms with Gasteiger partial charge in [0.25, 0.3) is 17.8 Å². The number of fused-ring (bicyclic) bond motifs is 6. The molecule has 0 aromatic heterocycles. The molecule has 2 fully saturated rings. The predicted molar refractivity (Wildman–Crippen MR) is 183 cm³/mol. The van der Waals surface area contributed by atoms with Crippen molar-refractivity contribution in [3.05, 3.63) is 46.5 Å². The Morgan fingerprint density at radius 1 is 0.812 bits per heavy atom. The van der Waals surface area contributed by atoms with Gasteiger partial charge in [0.2, 0.25) is 0 Å². The lowest BCUT2D eigenvalue weighted by Gasteiger charge is -2.38. The number of aryl methyl sites for hydroxylation is 2. The first-order valence-electron chi connectivity index (χ1n) is 16.7. The summed E-state index contributed by atoms with van der Waals surface area (Å²) in [6.07, 6.45) is 6.22. The monoisotopic (exact) mass is 659 g/mol. The molecular weight excluding hydrogens is 614 g/mol. The largest absolute Gasteiger partial charge is 0.483 e. The van der Waals surface area contributed by atoms with E-state index in [-0.39, 0.29) is 23.9 Å². The van der Waals surface area contributed by atoms with Crippen molar-refractivity contribution in [2.24, 2.45) is 22.0 Å². The fourth-order valence-corrected chi connectivity index (χ4v) is 6.68. The minimum absolute atomic E-state index is 0.0716. The van der Waals surface area contributed by atoms with E-state index in [1.807, 2.05) is 23.6 Å². The number of amidine groups is 2. The molecule has 13 heteroatoms. The number of hydrogen-bond acceptors (Lipinski definition) is 10. The van der Waals surface area contributed by atoms with Crippen LogP contribution in [0.15, 0.2) is 34.5 Å². The number of amides is 2. The highest BCUT2D eigenvalue weighted by molar-refractivity contribution is 6.10. The number of anilines is 2. The number of carbonyl (C=O) groups excluding carboxylic acids is 2. The maximum atomic E-state index is 11.9. The molecule has 1 aliphatic carbocycles. The lowest BCUT2D eigenvalue weighted by atomic mass is 9.80. The van der Waals surface area contributed by atoms with E-state index >= 15 is 0 Å². The highest BCUT2D eigenvalue weighted by Gasteiger charge is 2.37. The molecule has 8 rings (SSSR count). The number of rotatable bonds is 4. The summed E-state index contributed by atoms with van der Waals surface area (Å²) in [6, 6.07) is 8.05. The molecule has 0 radical (unpaired) electrons. The third-order valence-corrected chi connectivity index (χ3v) is 9.86. The van der Waals surface area contributed by atoms with Crippen molar-refractivity contribution in [2.75, 3.05) is 36.1 Å². The van der Waals surface area contributed by atoms with Crippen LogP contribution in [0, 0.1) is 25.7 Å². The maximum absolute atomic E-state index is 11.9. The number of hydrogen-bond donors (Lipinski definition) is 4. The van der Waals surface area contributed by atoms with Gasteiger partial charge in [0.05, 0.1) is 11.4 Å². The Morgan fingerprint density at radius 2 is 1.25 bits per heavy atom. The molecule has 1 saturated heterocycles. The Bertz CT molecular complexity index is 1550. The van der Waals surface area contributed by atoms with Gasteiger partial charge in [-0.2, -0.15) is 10.2 Å². The van der Waals surface area contributed by atoms with Gasteiger partial charge in [-0.3, -0.25) is 14.4 Å².